The van der Waals surface area contributed by atoms with Crippen molar-refractivity contribution in [3.63, 3.8) is 0 Å². The summed E-state index contributed by atoms with van der Waals surface area (Å²) in [4.78, 5) is 3.73. The molecule has 0 saturated heterocycles. The van der Waals surface area contributed by atoms with Gasteiger partial charge in [0, 0.05) is 11.1 Å². The Labute approximate surface area is 134 Å². The maximum atomic E-state index is 13.3. The third-order valence-electron chi connectivity index (χ3n) is 3.68. The van der Waals surface area contributed by atoms with Crippen molar-refractivity contribution in [2.75, 3.05) is 0 Å². The Hall–Kier alpha value is -2.06. The second-order valence-electron chi connectivity index (χ2n) is 5.29. The van der Waals surface area contributed by atoms with Gasteiger partial charge in [-0.2, -0.15) is 0 Å². The van der Waals surface area contributed by atoms with Crippen LogP contribution in [0.25, 0.3) is 0 Å². The summed E-state index contributed by atoms with van der Waals surface area (Å²) >= 11 is 0. The van der Waals surface area contributed by atoms with Gasteiger partial charge in [-0.25, -0.2) is 4.39 Å². The molecular weight excluding hydrogens is 291 g/mol. The van der Waals surface area contributed by atoms with Crippen LogP contribution in [-0.2, 0) is 10.9 Å². The standard InChI is InChI=1S/C20H18FS/c1-15-7-3-5-9-19(15)22(18-13-11-17(21)12-14-18)20-10-6-4-8-16(20)2/h3-14H,1-2H3/q+1. The molecule has 0 aliphatic carbocycles. The van der Waals surface area contributed by atoms with Crippen molar-refractivity contribution in [2.24, 2.45) is 0 Å². The van der Waals surface area contributed by atoms with Crippen molar-refractivity contribution >= 4 is 10.9 Å². The summed E-state index contributed by atoms with van der Waals surface area (Å²) in [6.07, 6.45) is 0. The summed E-state index contributed by atoms with van der Waals surface area (Å²) in [6, 6.07) is 23.8. The van der Waals surface area contributed by atoms with E-state index in [-0.39, 0.29) is 16.7 Å². The third-order valence-corrected chi connectivity index (χ3v) is 6.22. The van der Waals surface area contributed by atoms with Gasteiger partial charge in [0.1, 0.15) is 5.82 Å². The summed E-state index contributed by atoms with van der Waals surface area (Å²) in [5, 5.41) is 0. The summed E-state index contributed by atoms with van der Waals surface area (Å²) in [7, 11) is -0.213. The average molecular weight is 309 g/mol. The maximum absolute atomic E-state index is 13.3. The molecule has 0 fully saturated rings. The van der Waals surface area contributed by atoms with E-state index < -0.39 is 0 Å². The first-order valence-corrected chi connectivity index (χ1v) is 8.50. The quantitative estimate of drug-likeness (QED) is 0.557. The molecule has 2 heteroatoms. The lowest BCUT2D eigenvalue weighted by Gasteiger charge is -2.11. The van der Waals surface area contributed by atoms with Gasteiger partial charge in [-0.3, -0.25) is 0 Å². The molecule has 0 atom stereocenters. The van der Waals surface area contributed by atoms with Crippen LogP contribution in [0.15, 0.2) is 87.5 Å². The van der Waals surface area contributed by atoms with Crippen molar-refractivity contribution in [1.82, 2.24) is 0 Å². The molecule has 0 radical (unpaired) electrons. The van der Waals surface area contributed by atoms with Crippen molar-refractivity contribution in [3.05, 3.63) is 89.7 Å². The van der Waals surface area contributed by atoms with Crippen LogP contribution in [0.4, 0.5) is 4.39 Å². The highest BCUT2D eigenvalue weighted by atomic mass is 32.2. The lowest BCUT2D eigenvalue weighted by molar-refractivity contribution is 0.626. The number of rotatable bonds is 3. The van der Waals surface area contributed by atoms with Gasteiger partial charge in [0.05, 0.1) is 10.9 Å². The molecule has 0 saturated carbocycles. The van der Waals surface area contributed by atoms with Gasteiger partial charge in [-0.05, 0) is 50.2 Å². The molecule has 0 amide bonds. The molecule has 3 aromatic rings. The van der Waals surface area contributed by atoms with Gasteiger partial charge >= 0.3 is 0 Å². The Morgan fingerprint density at radius 2 is 1.09 bits per heavy atom. The summed E-state index contributed by atoms with van der Waals surface area (Å²) in [6.45, 7) is 4.27. The Kier molecular flexibility index (Phi) is 4.30. The van der Waals surface area contributed by atoms with Gasteiger partial charge in [-0.15, -0.1) is 0 Å². The topological polar surface area (TPSA) is 0 Å². The fourth-order valence-corrected chi connectivity index (χ4v) is 4.88. The third kappa shape index (κ3) is 2.93. The van der Waals surface area contributed by atoms with Crippen LogP contribution >= 0.6 is 0 Å². The van der Waals surface area contributed by atoms with Crippen molar-refractivity contribution in [3.8, 4) is 0 Å². The Bertz CT molecular complexity index is 732. The molecule has 0 heterocycles. The summed E-state index contributed by atoms with van der Waals surface area (Å²) < 4.78 is 13.3. The van der Waals surface area contributed by atoms with Gasteiger partial charge in [0.2, 0.25) is 0 Å². The molecule has 3 rings (SSSR count). The molecule has 0 nitrogen and oxygen atoms in total. The zero-order valence-electron chi connectivity index (χ0n) is 12.7. The van der Waals surface area contributed by atoms with Crippen LogP contribution in [0.1, 0.15) is 11.1 Å². The van der Waals surface area contributed by atoms with Crippen LogP contribution in [-0.4, -0.2) is 0 Å². The molecule has 110 valence electrons. The normalized spacial score (nSPS) is 10.9. The van der Waals surface area contributed by atoms with E-state index in [1.807, 2.05) is 12.1 Å². The van der Waals surface area contributed by atoms with E-state index in [2.05, 4.69) is 62.4 Å². The van der Waals surface area contributed by atoms with Crippen LogP contribution < -0.4 is 0 Å². The van der Waals surface area contributed by atoms with E-state index in [1.165, 1.54) is 20.9 Å². The van der Waals surface area contributed by atoms with E-state index >= 15 is 0 Å². The SMILES string of the molecule is Cc1ccccc1[S+](c1ccc(F)cc1)c1ccccc1C. The number of hydrogen-bond acceptors (Lipinski definition) is 0. The van der Waals surface area contributed by atoms with E-state index in [1.54, 1.807) is 12.1 Å². The van der Waals surface area contributed by atoms with Crippen LogP contribution in [0, 0.1) is 19.7 Å². The predicted octanol–water partition coefficient (Wildman–Crippen LogP) is 5.54. The average Bonchev–Trinajstić information content (AvgIpc) is 2.53. The number of halogens is 1. The monoisotopic (exact) mass is 309 g/mol. The molecule has 3 aromatic carbocycles. The number of aryl methyl sites for hydroxylation is 2. The minimum atomic E-state index is -0.213. The lowest BCUT2D eigenvalue weighted by Crippen LogP contribution is -2.08. The highest BCUT2D eigenvalue weighted by Crippen LogP contribution is 2.34. The molecule has 0 N–H and O–H groups in total. The minimum Gasteiger partial charge on any atom is -0.207 e. The van der Waals surface area contributed by atoms with Gasteiger partial charge in [-0.1, -0.05) is 36.4 Å². The largest absolute Gasteiger partial charge is 0.207 e. The van der Waals surface area contributed by atoms with E-state index in [4.69, 9.17) is 0 Å². The van der Waals surface area contributed by atoms with Crippen molar-refractivity contribution in [2.45, 2.75) is 28.5 Å². The molecular formula is C20H18FS+. The van der Waals surface area contributed by atoms with E-state index in [0.29, 0.717) is 0 Å². The Balaban J connectivity index is 2.21. The molecule has 0 aliphatic heterocycles. The first-order valence-electron chi connectivity index (χ1n) is 7.28. The lowest BCUT2D eigenvalue weighted by atomic mass is 10.2. The second-order valence-corrected chi connectivity index (χ2v) is 7.25. The molecule has 22 heavy (non-hydrogen) atoms. The van der Waals surface area contributed by atoms with E-state index in [9.17, 15) is 4.39 Å². The number of benzene rings is 3. The molecule has 0 bridgehead atoms. The zero-order chi connectivity index (χ0) is 15.5. The molecule has 0 aromatic heterocycles. The fraction of sp³-hybridized carbons (Fsp3) is 0.100. The summed E-state index contributed by atoms with van der Waals surface area (Å²) in [5.74, 6) is -0.193. The highest BCUT2D eigenvalue weighted by molar-refractivity contribution is 7.97. The van der Waals surface area contributed by atoms with Gasteiger partial charge in [0.15, 0.2) is 14.7 Å². The molecule has 0 unspecified atom stereocenters. The molecule has 0 aliphatic rings. The Morgan fingerprint density at radius 3 is 1.55 bits per heavy atom. The first-order chi connectivity index (χ1) is 10.7. The smallest absolute Gasteiger partial charge is 0.169 e. The van der Waals surface area contributed by atoms with Crippen LogP contribution in [0.2, 0.25) is 0 Å². The van der Waals surface area contributed by atoms with Crippen molar-refractivity contribution in [1.29, 1.82) is 0 Å². The van der Waals surface area contributed by atoms with Crippen LogP contribution in [0.3, 0.4) is 0 Å². The molecule has 0 spiro atoms. The maximum Gasteiger partial charge on any atom is 0.169 e. The fourth-order valence-electron chi connectivity index (χ4n) is 2.51. The minimum absolute atomic E-state index is 0.193. The number of hydrogen-bond donors (Lipinski definition) is 0. The second kappa shape index (κ2) is 6.37. The van der Waals surface area contributed by atoms with Crippen LogP contribution in [0.5, 0.6) is 0 Å². The zero-order valence-corrected chi connectivity index (χ0v) is 13.5. The predicted molar refractivity (Wildman–Crippen MR) is 90.9 cm³/mol. The van der Waals surface area contributed by atoms with E-state index in [0.717, 1.165) is 4.90 Å². The van der Waals surface area contributed by atoms with Gasteiger partial charge < -0.3 is 0 Å². The summed E-state index contributed by atoms with van der Waals surface area (Å²) in [5.41, 5.74) is 2.52. The van der Waals surface area contributed by atoms with Gasteiger partial charge in [0.25, 0.3) is 0 Å². The van der Waals surface area contributed by atoms with Crippen molar-refractivity contribution < 1.29 is 4.39 Å². The Morgan fingerprint density at radius 1 is 0.636 bits per heavy atom. The first kappa shape index (κ1) is 14.9. The highest BCUT2D eigenvalue weighted by Gasteiger charge is 2.31.